The molecule has 2 unspecified atom stereocenters. The van der Waals surface area contributed by atoms with Gasteiger partial charge < -0.3 is 10.6 Å². The normalized spacial score (nSPS) is 14.3. The van der Waals surface area contributed by atoms with Gasteiger partial charge in [0.25, 0.3) is 0 Å². The predicted molar refractivity (Wildman–Crippen MR) is 85.2 cm³/mol. The molecule has 0 heterocycles. The van der Waals surface area contributed by atoms with Crippen molar-refractivity contribution in [1.82, 2.24) is 10.6 Å². The van der Waals surface area contributed by atoms with E-state index in [1.165, 1.54) is 12.8 Å². The molecule has 2 atom stereocenters. The summed E-state index contributed by atoms with van der Waals surface area (Å²) in [6, 6.07) is 1.36. The van der Waals surface area contributed by atoms with E-state index in [4.69, 9.17) is 0 Å². The van der Waals surface area contributed by atoms with Gasteiger partial charge in [-0.3, -0.25) is 0 Å². The lowest BCUT2D eigenvalue weighted by molar-refractivity contribution is 0.449. The van der Waals surface area contributed by atoms with Crippen LogP contribution in [0.15, 0.2) is 0 Å². The van der Waals surface area contributed by atoms with Gasteiger partial charge in [-0.25, -0.2) is 0 Å². The van der Waals surface area contributed by atoms with Crippen LogP contribution in [-0.4, -0.2) is 25.2 Å². The van der Waals surface area contributed by atoms with Crippen LogP contribution in [0.5, 0.6) is 0 Å². The summed E-state index contributed by atoms with van der Waals surface area (Å²) in [5.41, 5.74) is 0. The van der Waals surface area contributed by atoms with Gasteiger partial charge in [0.2, 0.25) is 0 Å². The highest BCUT2D eigenvalue weighted by atomic mass is 14.9. The van der Waals surface area contributed by atoms with Crippen LogP contribution in [0.4, 0.5) is 0 Å². The standard InChI is InChI=1S/2C8H19N/c1-7(2)5-9-6-8(3)4;1-5-7(3)9-8(4)6-2/h2*7-9H,5-6H2,1-4H3. The average Bonchev–Trinajstić information content (AvgIpc) is 2.28. The third-order valence-corrected chi connectivity index (χ3v) is 2.90. The van der Waals surface area contributed by atoms with Crippen LogP contribution in [0.25, 0.3) is 0 Å². The first-order valence-electron chi connectivity index (χ1n) is 7.80. The minimum Gasteiger partial charge on any atom is -0.316 e. The van der Waals surface area contributed by atoms with Crippen LogP contribution >= 0.6 is 0 Å². The zero-order valence-corrected chi connectivity index (χ0v) is 14.1. The Morgan fingerprint density at radius 3 is 1.22 bits per heavy atom. The minimum atomic E-state index is 0.681. The van der Waals surface area contributed by atoms with Gasteiger partial charge in [-0.05, 0) is 51.6 Å². The van der Waals surface area contributed by atoms with E-state index in [-0.39, 0.29) is 0 Å². The Hall–Kier alpha value is -0.0800. The first-order chi connectivity index (χ1) is 8.33. The Morgan fingerprint density at radius 2 is 1.00 bits per heavy atom. The van der Waals surface area contributed by atoms with Crippen molar-refractivity contribution in [2.24, 2.45) is 11.8 Å². The molecule has 2 N–H and O–H groups in total. The molecule has 2 heteroatoms. The van der Waals surface area contributed by atoms with Gasteiger partial charge in [0, 0.05) is 12.1 Å². The molecule has 0 saturated carbocycles. The van der Waals surface area contributed by atoms with E-state index in [0.29, 0.717) is 12.1 Å². The summed E-state index contributed by atoms with van der Waals surface area (Å²) in [6.07, 6.45) is 2.45. The Kier molecular flexibility index (Phi) is 15.0. The third kappa shape index (κ3) is 18.3. The minimum absolute atomic E-state index is 0.681. The molecule has 0 radical (unpaired) electrons. The van der Waals surface area contributed by atoms with Crippen molar-refractivity contribution < 1.29 is 0 Å². The smallest absolute Gasteiger partial charge is 0.00385 e. The summed E-state index contributed by atoms with van der Waals surface area (Å²) >= 11 is 0. The lowest BCUT2D eigenvalue weighted by Gasteiger charge is -2.16. The Labute approximate surface area is 116 Å². The third-order valence-electron chi connectivity index (χ3n) is 2.90. The second-order valence-electron chi connectivity index (χ2n) is 6.23. The van der Waals surface area contributed by atoms with Crippen molar-refractivity contribution >= 4 is 0 Å². The molecule has 0 saturated heterocycles. The van der Waals surface area contributed by atoms with Crippen LogP contribution in [0.1, 0.15) is 68.2 Å². The molecule has 0 aliphatic carbocycles. The summed E-state index contributed by atoms with van der Waals surface area (Å²) < 4.78 is 0. The number of rotatable bonds is 8. The largest absolute Gasteiger partial charge is 0.316 e. The summed E-state index contributed by atoms with van der Waals surface area (Å²) in [5.74, 6) is 1.56. The maximum absolute atomic E-state index is 3.48. The van der Waals surface area contributed by atoms with Crippen molar-refractivity contribution in [3.63, 3.8) is 0 Å². The molecule has 18 heavy (non-hydrogen) atoms. The van der Waals surface area contributed by atoms with E-state index < -0.39 is 0 Å². The quantitative estimate of drug-likeness (QED) is 0.686. The van der Waals surface area contributed by atoms with Crippen LogP contribution in [0.3, 0.4) is 0 Å². The second-order valence-corrected chi connectivity index (χ2v) is 6.23. The lowest BCUT2D eigenvalue weighted by atomic mass is 10.2. The zero-order valence-electron chi connectivity index (χ0n) is 14.1. The summed E-state index contributed by atoms with van der Waals surface area (Å²) in [5, 5.41) is 6.86. The fourth-order valence-electron chi connectivity index (χ4n) is 1.38. The van der Waals surface area contributed by atoms with Crippen molar-refractivity contribution in [2.45, 2.75) is 80.3 Å². The monoisotopic (exact) mass is 258 g/mol. The van der Waals surface area contributed by atoms with E-state index in [1.807, 2.05) is 0 Å². The molecule has 0 bridgehead atoms. The van der Waals surface area contributed by atoms with E-state index in [9.17, 15) is 0 Å². The maximum Gasteiger partial charge on any atom is 0.00385 e. The van der Waals surface area contributed by atoms with E-state index >= 15 is 0 Å². The number of hydrogen-bond acceptors (Lipinski definition) is 2. The van der Waals surface area contributed by atoms with Gasteiger partial charge in [-0.15, -0.1) is 0 Å². The predicted octanol–water partition coefficient (Wildman–Crippen LogP) is 4.06. The van der Waals surface area contributed by atoms with Crippen molar-refractivity contribution in [2.75, 3.05) is 13.1 Å². The Morgan fingerprint density at radius 1 is 0.667 bits per heavy atom. The van der Waals surface area contributed by atoms with E-state index in [1.54, 1.807) is 0 Å². The molecule has 0 spiro atoms. The van der Waals surface area contributed by atoms with Gasteiger partial charge >= 0.3 is 0 Å². The molecule has 0 aliphatic heterocycles. The highest BCUT2D eigenvalue weighted by molar-refractivity contribution is 4.63. The fraction of sp³-hybridized carbons (Fsp3) is 1.00. The lowest BCUT2D eigenvalue weighted by Crippen LogP contribution is -2.33. The first-order valence-corrected chi connectivity index (χ1v) is 7.80. The Bertz CT molecular complexity index is 139. The molecule has 2 nitrogen and oxygen atoms in total. The number of hydrogen-bond donors (Lipinski definition) is 2. The van der Waals surface area contributed by atoms with E-state index in [0.717, 1.165) is 24.9 Å². The van der Waals surface area contributed by atoms with Gasteiger partial charge in [0.05, 0.1) is 0 Å². The van der Waals surface area contributed by atoms with Crippen molar-refractivity contribution in [1.29, 1.82) is 0 Å². The van der Waals surface area contributed by atoms with Crippen LogP contribution in [-0.2, 0) is 0 Å². The van der Waals surface area contributed by atoms with Gasteiger partial charge in [-0.1, -0.05) is 41.5 Å². The molecule has 0 fully saturated rings. The first kappa shape index (κ1) is 20.2. The van der Waals surface area contributed by atoms with Gasteiger partial charge in [0.15, 0.2) is 0 Å². The molecule has 0 aromatic carbocycles. The molecule has 0 amide bonds. The highest BCUT2D eigenvalue weighted by Crippen LogP contribution is 1.94. The van der Waals surface area contributed by atoms with Gasteiger partial charge in [-0.2, -0.15) is 0 Å². The number of nitrogens with one attached hydrogen (secondary N) is 2. The van der Waals surface area contributed by atoms with Gasteiger partial charge in [0.1, 0.15) is 0 Å². The zero-order chi connectivity index (χ0) is 14.6. The molecular formula is C16H38N2. The molecule has 0 aromatic rings. The molecule has 0 aliphatic rings. The molecule has 0 aromatic heterocycles. The van der Waals surface area contributed by atoms with Crippen LogP contribution in [0, 0.1) is 11.8 Å². The maximum atomic E-state index is 3.48. The topological polar surface area (TPSA) is 24.1 Å². The molecule has 0 rings (SSSR count). The SMILES string of the molecule is CC(C)CNCC(C)C.CCC(C)NC(C)CC. The summed E-state index contributed by atoms with van der Waals surface area (Å²) in [4.78, 5) is 0. The van der Waals surface area contributed by atoms with Crippen LogP contribution in [0.2, 0.25) is 0 Å². The van der Waals surface area contributed by atoms with Crippen molar-refractivity contribution in [3.05, 3.63) is 0 Å². The Balaban J connectivity index is 0. The molecule has 112 valence electrons. The van der Waals surface area contributed by atoms with Crippen molar-refractivity contribution in [3.8, 4) is 0 Å². The summed E-state index contributed by atoms with van der Waals surface area (Å²) in [6.45, 7) is 20.1. The van der Waals surface area contributed by atoms with Crippen LogP contribution < -0.4 is 10.6 Å². The summed E-state index contributed by atoms with van der Waals surface area (Å²) in [7, 11) is 0. The second kappa shape index (κ2) is 13.4. The fourth-order valence-corrected chi connectivity index (χ4v) is 1.38. The average molecular weight is 258 g/mol. The molecular weight excluding hydrogens is 220 g/mol. The highest BCUT2D eigenvalue weighted by Gasteiger charge is 2.01. The van der Waals surface area contributed by atoms with E-state index in [2.05, 4.69) is 66.0 Å².